The van der Waals surface area contributed by atoms with E-state index in [9.17, 15) is 18.8 Å². The number of hydrogen-bond donors (Lipinski definition) is 0. The summed E-state index contributed by atoms with van der Waals surface area (Å²) in [7, 11) is 0. The normalized spacial score (nSPS) is 22.4. The van der Waals surface area contributed by atoms with Crippen molar-refractivity contribution in [2.24, 2.45) is 0 Å². The summed E-state index contributed by atoms with van der Waals surface area (Å²) < 4.78 is 36.4. The Labute approximate surface area is 236 Å². The van der Waals surface area contributed by atoms with E-state index in [0.29, 0.717) is 12.8 Å². The zero-order chi connectivity index (χ0) is 29.0. The molecule has 3 aromatic rings. The van der Waals surface area contributed by atoms with Gasteiger partial charge >= 0.3 is 17.9 Å². The van der Waals surface area contributed by atoms with Crippen LogP contribution in [0.5, 0.6) is 0 Å². The van der Waals surface area contributed by atoms with E-state index in [0.717, 1.165) is 32.0 Å². The summed E-state index contributed by atoms with van der Waals surface area (Å²) in [5.74, 6) is -2.26. The third kappa shape index (κ3) is 6.92. The first-order valence-electron chi connectivity index (χ1n) is 13.0. The van der Waals surface area contributed by atoms with Crippen LogP contribution in [0.1, 0.15) is 61.8 Å². The molecule has 0 bridgehead atoms. The number of aryl methyl sites for hydroxylation is 1. The van der Waals surface area contributed by atoms with E-state index >= 15 is 0 Å². The van der Waals surface area contributed by atoms with E-state index in [4.69, 9.17) is 18.9 Å². The summed E-state index contributed by atoms with van der Waals surface area (Å²) in [6.45, 7) is 7.67. The topological polar surface area (TPSA) is 101 Å². The average molecular weight is 570 g/mol. The van der Waals surface area contributed by atoms with Crippen molar-refractivity contribution in [3.63, 3.8) is 0 Å². The number of aromatic nitrogens is 1. The Balaban J connectivity index is 1.67. The number of carbonyl (C=O) groups is 3. The molecule has 0 spiro atoms. The SMILES string of the molecule is CC[C@H]1OC(c2ccc(C)c(Cc3ccc(-c4ccc(F)nc4)s3)c2)[C@H](OC(C)=O)[C@@H](OC(C)=O)[C@@H]1OC(C)=O. The van der Waals surface area contributed by atoms with Crippen LogP contribution in [0.25, 0.3) is 10.4 Å². The summed E-state index contributed by atoms with van der Waals surface area (Å²) in [5.41, 5.74) is 3.67. The lowest BCUT2D eigenvalue weighted by atomic mass is 9.88. The number of thiophene rings is 1. The number of pyridine rings is 1. The Hall–Kier alpha value is -3.63. The first-order valence-corrected chi connectivity index (χ1v) is 13.8. The Morgan fingerprint density at radius 1 is 0.925 bits per heavy atom. The molecule has 8 nitrogen and oxygen atoms in total. The maximum atomic E-state index is 13.2. The molecule has 3 heterocycles. The highest BCUT2D eigenvalue weighted by molar-refractivity contribution is 7.15. The monoisotopic (exact) mass is 569 g/mol. The summed E-state index contributed by atoms with van der Waals surface area (Å²) in [4.78, 5) is 41.9. The second-order valence-corrected chi connectivity index (χ2v) is 10.9. The molecule has 1 fully saturated rings. The number of nitrogens with zero attached hydrogens (tertiary/aromatic N) is 1. The van der Waals surface area contributed by atoms with Gasteiger partial charge in [-0.15, -0.1) is 11.3 Å². The predicted octanol–water partition coefficient (Wildman–Crippen LogP) is 5.49. The molecular formula is C30H32FNO7S. The van der Waals surface area contributed by atoms with Gasteiger partial charge < -0.3 is 18.9 Å². The van der Waals surface area contributed by atoms with Crippen LogP contribution in [0, 0.1) is 12.9 Å². The number of carbonyl (C=O) groups excluding carboxylic acids is 3. The van der Waals surface area contributed by atoms with E-state index in [1.807, 2.05) is 44.2 Å². The van der Waals surface area contributed by atoms with Crippen molar-refractivity contribution in [1.29, 1.82) is 0 Å². The van der Waals surface area contributed by atoms with Crippen molar-refractivity contribution in [3.05, 3.63) is 76.2 Å². The number of halogens is 1. The minimum atomic E-state index is -1.05. The first kappa shape index (κ1) is 29.4. The van der Waals surface area contributed by atoms with Gasteiger partial charge in [0.25, 0.3) is 0 Å². The van der Waals surface area contributed by atoms with Crippen LogP contribution >= 0.6 is 11.3 Å². The fourth-order valence-corrected chi connectivity index (χ4v) is 5.91. The molecule has 40 heavy (non-hydrogen) atoms. The van der Waals surface area contributed by atoms with Crippen LogP contribution in [-0.4, -0.2) is 47.3 Å². The third-order valence-electron chi connectivity index (χ3n) is 6.68. The van der Waals surface area contributed by atoms with Gasteiger partial charge in [0.15, 0.2) is 18.3 Å². The van der Waals surface area contributed by atoms with Gasteiger partial charge in [-0.3, -0.25) is 14.4 Å². The number of benzene rings is 1. The zero-order valence-corrected chi connectivity index (χ0v) is 23.8. The smallest absolute Gasteiger partial charge is 0.303 e. The maximum Gasteiger partial charge on any atom is 0.303 e. The van der Waals surface area contributed by atoms with Crippen molar-refractivity contribution < 1.29 is 37.7 Å². The van der Waals surface area contributed by atoms with Gasteiger partial charge in [-0.2, -0.15) is 4.39 Å². The molecule has 0 amide bonds. The molecule has 0 radical (unpaired) electrons. The summed E-state index contributed by atoms with van der Waals surface area (Å²) in [6, 6.07) is 12.9. The fourth-order valence-electron chi connectivity index (χ4n) is 4.89. The van der Waals surface area contributed by atoms with Crippen molar-refractivity contribution in [2.45, 2.75) is 78.0 Å². The molecule has 1 unspecified atom stereocenters. The van der Waals surface area contributed by atoms with Crippen LogP contribution in [0.2, 0.25) is 0 Å². The maximum absolute atomic E-state index is 13.2. The van der Waals surface area contributed by atoms with Crippen LogP contribution in [0.4, 0.5) is 4.39 Å². The standard InChI is InChI=1S/C30H32FNO7S/c1-6-24-28(36-17(3)33)30(38-19(5)35)29(37-18(4)34)27(39-24)20-8-7-16(2)22(13-20)14-23-10-11-25(40-23)21-9-12-26(31)32-15-21/h7-13,15,24,27-30H,6,14H2,1-5H3/t24-,27?,28-,29+,30+/m1/s1. The lowest BCUT2D eigenvalue weighted by molar-refractivity contribution is -0.249. The van der Waals surface area contributed by atoms with E-state index in [2.05, 4.69) is 4.98 Å². The summed E-state index contributed by atoms with van der Waals surface area (Å²) in [6.07, 6.45) is -1.79. The quantitative estimate of drug-likeness (QED) is 0.199. The summed E-state index contributed by atoms with van der Waals surface area (Å²) >= 11 is 1.59. The minimum Gasteiger partial charge on any atom is -0.456 e. The molecule has 1 aliphatic heterocycles. The number of esters is 3. The molecular weight excluding hydrogens is 537 g/mol. The Morgan fingerprint density at radius 2 is 1.60 bits per heavy atom. The fraction of sp³-hybridized carbons (Fsp3) is 0.400. The Kier molecular flexibility index (Phi) is 9.32. The van der Waals surface area contributed by atoms with Gasteiger partial charge in [-0.1, -0.05) is 25.1 Å². The molecule has 5 atom stereocenters. The largest absolute Gasteiger partial charge is 0.456 e. The predicted molar refractivity (Wildman–Crippen MR) is 146 cm³/mol. The second-order valence-electron chi connectivity index (χ2n) is 9.72. The second kappa shape index (κ2) is 12.7. The number of hydrogen-bond acceptors (Lipinski definition) is 9. The zero-order valence-electron chi connectivity index (χ0n) is 23.0. The third-order valence-corrected chi connectivity index (χ3v) is 7.82. The number of rotatable bonds is 8. The van der Waals surface area contributed by atoms with Gasteiger partial charge in [0.2, 0.25) is 5.95 Å². The lowest BCUT2D eigenvalue weighted by Crippen LogP contribution is -2.58. The molecule has 1 aliphatic rings. The van der Waals surface area contributed by atoms with Gasteiger partial charge in [0, 0.05) is 48.7 Å². The molecule has 1 saturated heterocycles. The van der Waals surface area contributed by atoms with E-state index in [1.54, 1.807) is 17.4 Å². The van der Waals surface area contributed by atoms with Crippen LogP contribution in [-0.2, 0) is 39.8 Å². The van der Waals surface area contributed by atoms with Gasteiger partial charge in [-0.05, 0) is 54.3 Å². The Morgan fingerprint density at radius 3 is 2.23 bits per heavy atom. The molecule has 10 heteroatoms. The van der Waals surface area contributed by atoms with Crippen molar-refractivity contribution in [1.82, 2.24) is 4.98 Å². The lowest BCUT2D eigenvalue weighted by Gasteiger charge is -2.45. The van der Waals surface area contributed by atoms with E-state index in [-0.39, 0.29) is 0 Å². The number of ether oxygens (including phenoxy) is 4. The Bertz CT molecular complexity index is 1370. The highest BCUT2D eigenvalue weighted by Gasteiger charge is 2.51. The highest BCUT2D eigenvalue weighted by atomic mass is 32.1. The molecule has 1 aromatic carbocycles. The molecule has 4 rings (SSSR count). The minimum absolute atomic E-state index is 0.466. The summed E-state index contributed by atoms with van der Waals surface area (Å²) in [5, 5.41) is 0. The molecule has 0 saturated carbocycles. The van der Waals surface area contributed by atoms with Crippen LogP contribution in [0.15, 0.2) is 48.7 Å². The molecule has 212 valence electrons. The van der Waals surface area contributed by atoms with Crippen molar-refractivity contribution in [3.8, 4) is 10.4 Å². The highest BCUT2D eigenvalue weighted by Crippen LogP contribution is 2.39. The molecule has 2 aromatic heterocycles. The molecule has 0 N–H and O–H groups in total. The van der Waals surface area contributed by atoms with Gasteiger partial charge in [0.1, 0.15) is 6.10 Å². The van der Waals surface area contributed by atoms with Crippen molar-refractivity contribution in [2.75, 3.05) is 0 Å². The first-order chi connectivity index (χ1) is 19.0. The van der Waals surface area contributed by atoms with Gasteiger partial charge in [0.05, 0.1) is 6.10 Å². The average Bonchev–Trinajstić information content (AvgIpc) is 3.35. The van der Waals surface area contributed by atoms with Crippen LogP contribution in [0.3, 0.4) is 0 Å². The van der Waals surface area contributed by atoms with E-state index in [1.165, 1.54) is 33.0 Å². The van der Waals surface area contributed by atoms with E-state index < -0.39 is 54.4 Å². The van der Waals surface area contributed by atoms with Gasteiger partial charge in [-0.25, -0.2) is 4.98 Å². The van der Waals surface area contributed by atoms with Crippen LogP contribution < -0.4 is 0 Å². The van der Waals surface area contributed by atoms with Crippen molar-refractivity contribution >= 4 is 29.2 Å². The molecule has 0 aliphatic carbocycles.